The number of hydrogen-bond acceptors (Lipinski definition) is 5. The first kappa shape index (κ1) is 9.64. The minimum atomic E-state index is -0.133. The van der Waals surface area contributed by atoms with Crippen molar-refractivity contribution in [1.82, 2.24) is 29.9 Å². The summed E-state index contributed by atoms with van der Waals surface area (Å²) in [6, 6.07) is 3.42. The number of aromatic amines is 1. The molecule has 84 valence electrons. The highest BCUT2D eigenvalue weighted by atomic mass is 16.1. The van der Waals surface area contributed by atoms with Crippen LogP contribution in [0.4, 0.5) is 0 Å². The molecule has 0 spiro atoms. The van der Waals surface area contributed by atoms with E-state index >= 15 is 0 Å². The van der Waals surface area contributed by atoms with Crippen molar-refractivity contribution in [2.75, 3.05) is 0 Å². The quantitative estimate of drug-likeness (QED) is 0.664. The smallest absolute Gasteiger partial charge is 0.263 e. The Balaban J connectivity index is 2.12. The number of H-pyrrole nitrogens is 1. The fourth-order valence-corrected chi connectivity index (χ4v) is 1.59. The summed E-state index contributed by atoms with van der Waals surface area (Å²) in [4.78, 5) is 20.2. The zero-order valence-corrected chi connectivity index (χ0v) is 8.74. The van der Waals surface area contributed by atoms with E-state index in [2.05, 4.69) is 25.4 Å². The fourth-order valence-electron chi connectivity index (χ4n) is 1.59. The van der Waals surface area contributed by atoms with Crippen LogP contribution in [0.5, 0.6) is 0 Å². The van der Waals surface area contributed by atoms with Crippen LogP contribution in [0.25, 0.3) is 11.0 Å². The van der Waals surface area contributed by atoms with Gasteiger partial charge in [0.25, 0.3) is 5.56 Å². The first-order valence-electron chi connectivity index (χ1n) is 4.99. The summed E-state index contributed by atoms with van der Waals surface area (Å²) in [6.07, 6.45) is 4.64. The number of nitrogens with one attached hydrogen (secondary N) is 1. The standard InChI is InChI=1S/C10H8N6O/c17-10-8-2-1-3-11-9(8)12-6-16(10)5-7-4-13-15-14-7/h1-4,6H,5H2,(H,13,14,15). The van der Waals surface area contributed by atoms with E-state index in [-0.39, 0.29) is 5.56 Å². The van der Waals surface area contributed by atoms with Crippen LogP contribution in [-0.2, 0) is 6.54 Å². The molecule has 7 heteroatoms. The minimum Gasteiger partial charge on any atom is -0.292 e. The molecule has 0 saturated heterocycles. The lowest BCUT2D eigenvalue weighted by atomic mass is 10.3. The van der Waals surface area contributed by atoms with Gasteiger partial charge in [-0.3, -0.25) is 9.36 Å². The van der Waals surface area contributed by atoms with Crippen LogP contribution >= 0.6 is 0 Å². The van der Waals surface area contributed by atoms with Crippen LogP contribution in [-0.4, -0.2) is 29.9 Å². The number of fused-ring (bicyclic) bond motifs is 1. The van der Waals surface area contributed by atoms with Crippen LogP contribution in [0.2, 0.25) is 0 Å². The van der Waals surface area contributed by atoms with Crippen molar-refractivity contribution in [3.8, 4) is 0 Å². The van der Waals surface area contributed by atoms with Gasteiger partial charge in [0.05, 0.1) is 18.1 Å². The van der Waals surface area contributed by atoms with E-state index in [0.29, 0.717) is 23.3 Å². The molecule has 0 saturated carbocycles. The van der Waals surface area contributed by atoms with Gasteiger partial charge in [0, 0.05) is 6.20 Å². The van der Waals surface area contributed by atoms with Gasteiger partial charge in [-0.25, -0.2) is 9.97 Å². The molecule has 0 aromatic carbocycles. The summed E-state index contributed by atoms with van der Waals surface area (Å²) in [7, 11) is 0. The van der Waals surface area contributed by atoms with Crippen LogP contribution < -0.4 is 5.56 Å². The van der Waals surface area contributed by atoms with E-state index in [9.17, 15) is 4.79 Å². The van der Waals surface area contributed by atoms with Crippen molar-refractivity contribution in [3.05, 3.63) is 46.9 Å². The van der Waals surface area contributed by atoms with Gasteiger partial charge in [0.2, 0.25) is 0 Å². The second-order valence-corrected chi connectivity index (χ2v) is 3.51. The maximum absolute atomic E-state index is 12.1. The summed E-state index contributed by atoms with van der Waals surface area (Å²) in [5.74, 6) is 0. The van der Waals surface area contributed by atoms with E-state index in [1.165, 1.54) is 10.9 Å². The molecule has 0 bridgehead atoms. The number of aromatic nitrogens is 6. The van der Waals surface area contributed by atoms with Crippen molar-refractivity contribution in [3.63, 3.8) is 0 Å². The number of rotatable bonds is 2. The molecular weight excluding hydrogens is 220 g/mol. The Labute approximate surface area is 95.2 Å². The van der Waals surface area contributed by atoms with Gasteiger partial charge < -0.3 is 0 Å². The summed E-state index contributed by atoms with van der Waals surface area (Å²) in [5, 5.41) is 10.6. The van der Waals surface area contributed by atoms with Crippen molar-refractivity contribution < 1.29 is 0 Å². The molecule has 7 nitrogen and oxygen atoms in total. The second-order valence-electron chi connectivity index (χ2n) is 3.51. The first-order chi connectivity index (χ1) is 8.34. The first-order valence-corrected chi connectivity index (χ1v) is 4.99. The third kappa shape index (κ3) is 1.67. The highest BCUT2D eigenvalue weighted by molar-refractivity contribution is 5.72. The van der Waals surface area contributed by atoms with Gasteiger partial charge >= 0.3 is 0 Å². The Hall–Kier alpha value is -2.57. The molecule has 17 heavy (non-hydrogen) atoms. The zero-order valence-electron chi connectivity index (χ0n) is 8.74. The van der Waals surface area contributed by atoms with Crippen LogP contribution in [0, 0.1) is 0 Å². The predicted molar refractivity (Wildman–Crippen MR) is 59.3 cm³/mol. The van der Waals surface area contributed by atoms with Crippen molar-refractivity contribution in [2.24, 2.45) is 0 Å². The third-order valence-electron chi connectivity index (χ3n) is 2.39. The fraction of sp³-hybridized carbons (Fsp3) is 0.100. The van der Waals surface area contributed by atoms with Gasteiger partial charge in [-0.05, 0) is 12.1 Å². The van der Waals surface area contributed by atoms with Crippen molar-refractivity contribution >= 4 is 11.0 Å². The Morgan fingerprint density at radius 1 is 1.35 bits per heavy atom. The Kier molecular flexibility index (Phi) is 2.14. The van der Waals surface area contributed by atoms with E-state index in [0.717, 1.165) is 0 Å². The van der Waals surface area contributed by atoms with Crippen molar-refractivity contribution in [2.45, 2.75) is 6.54 Å². The van der Waals surface area contributed by atoms with Gasteiger partial charge in [0.15, 0.2) is 5.65 Å². The van der Waals surface area contributed by atoms with Crippen molar-refractivity contribution in [1.29, 1.82) is 0 Å². The van der Waals surface area contributed by atoms with Gasteiger partial charge in [0.1, 0.15) is 12.0 Å². The van der Waals surface area contributed by atoms with Crippen LogP contribution in [0.1, 0.15) is 5.69 Å². The molecule has 0 unspecified atom stereocenters. The van der Waals surface area contributed by atoms with Gasteiger partial charge in [-0.15, -0.1) is 0 Å². The number of nitrogens with zero attached hydrogens (tertiary/aromatic N) is 5. The lowest BCUT2D eigenvalue weighted by molar-refractivity contribution is 0.723. The van der Waals surface area contributed by atoms with E-state index in [4.69, 9.17) is 0 Å². The largest absolute Gasteiger partial charge is 0.292 e. The molecule has 3 rings (SSSR count). The summed E-state index contributed by atoms with van der Waals surface area (Å²) in [6.45, 7) is 0.340. The number of hydrogen-bond donors (Lipinski definition) is 1. The lowest BCUT2D eigenvalue weighted by Gasteiger charge is -2.03. The molecule has 3 aromatic rings. The lowest BCUT2D eigenvalue weighted by Crippen LogP contribution is -2.21. The maximum Gasteiger partial charge on any atom is 0.263 e. The van der Waals surface area contributed by atoms with E-state index in [1.807, 2.05) is 0 Å². The maximum atomic E-state index is 12.1. The van der Waals surface area contributed by atoms with Crippen LogP contribution in [0.3, 0.4) is 0 Å². The van der Waals surface area contributed by atoms with Gasteiger partial charge in [-0.1, -0.05) is 0 Å². The minimum absolute atomic E-state index is 0.133. The van der Waals surface area contributed by atoms with E-state index in [1.54, 1.807) is 24.5 Å². The Morgan fingerprint density at radius 2 is 2.29 bits per heavy atom. The summed E-state index contributed by atoms with van der Waals surface area (Å²) >= 11 is 0. The average Bonchev–Trinajstić information content (AvgIpc) is 2.86. The normalized spacial score (nSPS) is 10.8. The molecule has 1 N–H and O–H groups in total. The molecule has 3 aromatic heterocycles. The summed E-state index contributed by atoms with van der Waals surface area (Å²) in [5.41, 5.74) is 0.997. The SMILES string of the molecule is O=c1c2cccnc2ncn1Cc1cn[nH]n1. The predicted octanol–water partition coefficient (Wildman–Crippen LogP) is -0.0421. The molecule has 0 aliphatic heterocycles. The molecule has 0 amide bonds. The second kappa shape index (κ2) is 3.78. The molecular formula is C10H8N6O. The third-order valence-corrected chi connectivity index (χ3v) is 2.39. The van der Waals surface area contributed by atoms with Gasteiger partial charge in [-0.2, -0.15) is 15.4 Å². The molecule has 0 radical (unpaired) electrons. The zero-order chi connectivity index (χ0) is 11.7. The number of pyridine rings is 1. The molecule has 0 atom stereocenters. The highest BCUT2D eigenvalue weighted by Gasteiger charge is 2.05. The molecule has 3 heterocycles. The molecule has 0 fully saturated rings. The summed E-state index contributed by atoms with van der Waals surface area (Å²) < 4.78 is 1.47. The Morgan fingerprint density at radius 3 is 3.12 bits per heavy atom. The highest BCUT2D eigenvalue weighted by Crippen LogP contribution is 2.01. The van der Waals surface area contributed by atoms with E-state index < -0.39 is 0 Å². The monoisotopic (exact) mass is 228 g/mol. The Bertz CT molecular complexity index is 702. The topological polar surface area (TPSA) is 89.4 Å². The molecule has 0 aliphatic rings. The molecule has 0 aliphatic carbocycles. The van der Waals surface area contributed by atoms with Crippen LogP contribution in [0.15, 0.2) is 35.6 Å². The average molecular weight is 228 g/mol.